The average Bonchev–Trinajstić information content (AvgIpc) is 2.29. The fraction of sp³-hybridized carbons (Fsp3) is 0.600. The second-order valence-corrected chi connectivity index (χ2v) is 3.57. The number of carbonyl (C=O) groups is 1. The quantitative estimate of drug-likeness (QED) is 0.628. The van der Waals surface area contributed by atoms with Gasteiger partial charge in [0.25, 0.3) is 0 Å². The van der Waals surface area contributed by atoms with Crippen LogP contribution in [-0.2, 0) is 9.53 Å². The van der Waals surface area contributed by atoms with Gasteiger partial charge in [0.05, 0.1) is 19.2 Å². The summed E-state index contributed by atoms with van der Waals surface area (Å²) >= 11 is 0. The summed E-state index contributed by atoms with van der Waals surface area (Å²) in [5.74, 6) is 0.512. The van der Waals surface area contributed by atoms with E-state index < -0.39 is 0 Å². The molecule has 0 aromatic rings. The summed E-state index contributed by atoms with van der Waals surface area (Å²) in [7, 11) is 0. The van der Waals surface area contributed by atoms with Crippen LogP contribution < -0.4 is 10.6 Å². The Bertz CT molecular complexity index is 323. The van der Waals surface area contributed by atoms with Crippen LogP contribution in [-0.4, -0.2) is 32.0 Å². The summed E-state index contributed by atoms with van der Waals surface area (Å²) in [6, 6.07) is 0. The van der Waals surface area contributed by atoms with E-state index in [4.69, 9.17) is 4.74 Å². The van der Waals surface area contributed by atoms with Gasteiger partial charge in [0.1, 0.15) is 5.82 Å². The molecule has 0 aromatic heterocycles. The Balaban J connectivity index is 2.02. The summed E-state index contributed by atoms with van der Waals surface area (Å²) in [4.78, 5) is 15.7. The van der Waals surface area contributed by atoms with Gasteiger partial charge in [-0.15, -0.1) is 0 Å². The SMILES string of the molecule is CCOC(=O)C1C=NC2=C(CNCN2)C1. The zero-order chi connectivity index (χ0) is 10.7. The monoisotopic (exact) mass is 209 g/mol. The Kier molecular flexibility index (Phi) is 3.01. The second kappa shape index (κ2) is 4.44. The summed E-state index contributed by atoms with van der Waals surface area (Å²) in [5, 5.41) is 6.31. The predicted octanol–water partition coefficient (Wildman–Crippen LogP) is 0.00210. The van der Waals surface area contributed by atoms with Crippen LogP contribution in [0.25, 0.3) is 0 Å². The topological polar surface area (TPSA) is 62.7 Å². The maximum Gasteiger partial charge on any atom is 0.314 e. The first kappa shape index (κ1) is 10.2. The van der Waals surface area contributed by atoms with Gasteiger partial charge < -0.3 is 10.1 Å². The number of nitrogens with zero attached hydrogens (tertiary/aromatic N) is 1. The summed E-state index contributed by atoms with van der Waals surface area (Å²) in [5.41, 5.74) is 1.15. The van der Waals surface area contributed by atoms with E-state index in [1.807, 2.05) is 6.92 Å². The molecule has 0 amide bonds. The minimum Gasteiger partial charge on any atom is -0.465 e. The molecule has 0 radical (unpaired) electrons. The van der Waals surface area contributed by atoms with Crippen molar-refractivity contribution in [2.45, 2.75) is 13.3 Å². The van der Waals surface area contributed by atoms with Crippen LogP contribution in [0.5, 0.6) is 0 Å². The highest BCUT2D eigenvalue weighted by Crippen LogP contribution is 2.21. The van der Waals surface area contributed by atoms with Crippen molar-refractivity contribution in [3.05, 3.63) is 11.4 Å². The van der Waals surface area contributed by atoms with Crippen molar-refractivity contribution in [1.29, 1.82) is 0 Å². The Labute approximate surface area is 88.6 Å². The fourth-order valence-corrected chi connectivity index (χ4v) is 1.75. The van der Waals surface area contributed by atoms with Crippen LogP contribution in [0.4, 0.5) is 0 Å². The van der Waals surface area contributed by atoms with Crippen molar-refractivity contribution in [3.8, 4) is 0 Å². The average molecular weight is 209 g/mol. The van der Waals surface area contributed by atoms with Crippen molar-refractivity contribution >= 4 is 12.2 Å². The Hall–Kier alpha value is -1.36. The molecule has 0 saturated carbocycles. The standard InChI is InChI=1S/C10H15N3O2/c1-2-15-10(14)8-3-7-4-11-6-13-9(7)12-5-8/h5,8,11,13H,2-4,6H2,1H3. The zero-order valence-corrected chi connectivity index (χ0v) is 8.75. The van der Waals surface area contributed by atoms with Gasteiger partial charge >= 0.3 is 5.97 Å². The first-order valence-electron chi connectivity index (χ1n) is 5.18. The van der Waals surface area contributed by atoms with Crippen LogP contribution >= 0.6 is 0 Å². The van der Waals surface area contributed by atoms with Crippen LogP contribution in [0.15, 0.2) is 16.4 Å². The normalized spacial score (nSPS) is 24.5. The molecule has 1 atom stereocenters. The molecule has 0 fully saturated rings. The molecule has 0 aromatic carbocycles. The molecule has 5 nitrogen and oxygen atoms in total. The lowest BCUT2D eigenvalue weighted by Crippen LogP contribution is -2.39. The Morgan fingerprint density at radius 2 is 2.60 bits per heavy atom. The van der Waals surface area contributed by atoms with Crippen molar-refractivity contribution < 1.29 is 9.53 Å². The molecule has 15 heavy (non-hydrogen) atoms. The number of hydrogen-bond acceptors (Lipinski definition) is 5. The molecule has 0 bridgehead atoms. The summed E-state index contributed by atoms with van der Waals surface area (Å²) in [6.07, 6.45) is 2.38. The smallest absolute Gasteiger partial charge is 0.314 e. The predicted molar refractivity (Wildman–Crippen MR) is 56.3 cm³/mol. The van der Waals surface area contributed by atoms with Crippen LogP contribution in [0.1, 0.15) is 13.3 Å². The molecule has 1 unspecified atom stereocenters. The molecule has 5 heteroatoms. The molecular weight excluding hydrogens is 194 g/mol. The highest BCUT2D eigenvalue weighted by atomic mass is 16.5. The van der Waals surface area contributed by atoms with E-state index in [0.717, 1.165) is 24.6 Å². The molecule has 0 aliphatic carbocycles. The van der Waals surface area contributed by atoms with Gasteiger partial charge in [-0.25, -0.2) is 4.99 Å². The van der Waals surface area contributed by atoms with Gasteiger partial charge in [0, 0.05) is 12.8 Å². The van der Waals surface area contributed by atoms with Crippen molar-refractivity contribution in [3.63, 3.8) is 0 Å². The number of carbonyl (C=O) groups excluding carboxylic acids is 1. The molecule has 0 saturated heterocycles. The number of ether oxygens (including phenoxy) is 1. The van der Waals surface area contributed by atoms with Gasteiger partial charge in [-0.1, -0.05) is 0 Å². The Morgan fingerprint density at radius 3 is 3.40 bits per heavy atom. The first-order chi connectivity index (χ1) is 7.31. The lowest BCUT2D eigenvalue weighted by molar-refractivity contribution is -0.145. The van der Waals surface area contributed by atoms with Gasteiger partial charge in [0.2, 0.25) is 0 Å². The summed E-state index contributed by atoms with van der Waals surface area (Å²) < 4.78 is 4.97. The number of aliphatic imine (C=N–C) groups is 1. The third-order valence-corrected chi connectivity index (χ3v) is 2.49. The molecule has 2 aliphatic heterocycles. The highest BCUT2D eigenvalue weighted by Gasteiger charge is 2.25. The molecule has 0 spiro atoms. The highest BCUT2D eigenvalue weighted by molar-refractivity contribution is 5.91. The van der Waals surface area contributed by atoms with Crippen molar-refractivity contribution in [2.24, 2.45) is 10.9 Å². The Morgan fingerprint density at radius 1 is 1.73 bits per heavy atom. The molecule has 2 N–H and O–H groups in total. The van der Waals surface area contributed by atoms with Crippen molar-refractivity contribution in [1.82, 2.24) is 10.6 Å². The molecule has 2 heterocycles. The van der Waals surface area contributed by atoms with Gasteiger partial charge in [0.15, 0.2) is 0 Å². The van der Waals surface area contributed by atoms with Gasteiger partial charge in [-0.05, 0) is 18.9 Å². The maximum absolute atomic E-state index is 11.5. The molecular formula is C10H15N3O2. The number of rotatable bonds is 2. The molecule has 2 aliphatic rings. The van der Waals surface area contributed by atoms with Crippen LogP contribution in [0, 0.1) is 5.92 Å². The van der Waals surface area contributed by atoms with Gasteiger partial charge in [-0.2, -0.15) is 0 Å². The number of nitrogens with one attached hydrogen (secondary N) is 2. The van der Waals surface area contributed by atoms with E-state index in [1.54, 1.807) is 6.21 Å². The number of hydrogen-bond donors (Lipinski definition) is 2. The fourth-order valence-electron chi connectivity index (χ4n) is 1.75. The largest absolute Gasteiger partial charge is 0.465 e. The third-order valence-electron chi connectivity index (χ3n) is 2.49. The van der Waals surface area contributed by atoms with E-state index in [2.05, 4.69) is 15.6 Å². The third kappa shape index (κ3) is 2.18. The van der Waals surface area contributed by atoms with Gasteiger partial charge in [-0.3, -0.25) is 10.1 Å². The van der Waals surface area contributed by atoms with Crippen LogP contribution in [0.3, 0.4) is 0 Å². The van der Waals surface area contributed by atoms with Crippen molar-refractivity contribution in [2.75, 3.05) is 19.8 Å². The zero-order valence-electron chi connectivity index (χ0n) is 8.75. The lowest BCUT2D eigenvalue weighted by atomic mass is 9.97. The molecule has 2 rings (SSSR count). The maximum atomic E-state index is 11.5. The summed E-state index contributed by atoms with van der Waals surface area (Å²) in [6.45, 7) is 3.77. The molecule has 82 valence electrons. The minimum atomic E-state index is -0.217. The first-order valence-corrected chi connectivity index (χ1v) is 5.18. The van der Waals surface area contributed by atoms with E-state index in [0.29, 0.717) is 13.0 Å². The van der Waals surface area contributed by atoms with Crippen LogP contribution in [0.2, 0.25) is 0 Å². The second-order valence-electron chi connectivity index (χ2n) is 3.57. The van der Waals surface area contributed by atoms with E-state index >= 15 is 0 Å². The number of esters is 1. The van der Waals surface area contributed by atoms with E-state index in [1.165, 1.54) is 0 Å². The van der Waals surface area contributed by atoms with E-state index in [-0.39, 0.29) is 11.9 Å². The lowest BCUT2D eigenvalue weighted by Gasteiger charge is -2.25. The van der Waals surface area contributed by atoms with E-state index in [9.17, 15) is 4.79 Å². The minimum absolute atomic E-state index is 0.182.